The number of rotatable bonds is 4. The number of carbonyl (C=O) groups is 1. The number of fused-ring (bicyclic) bond motifs is 1. The lowest BCUT2D eigenvalue weighted by molar-refractivity contribution is 0.0695. The summed E-state index contributed by atoms with van der Waals surface area (Å²) in [5.41, 5.74) is -0.594. The lowest BCUT2D eigenvalue weighted by atomic mass is 10.0. The lowest BCUT2D eigenvalue weighted by Gasteiger charge is -2.37. The molecule has 1 N–H and O–H groups in total. The number of pyridine rings is 1. The van der Waals surface area contributed by atoms with Crippen molar-refractivity contribution in [3.05, 3.63) is 39.8 Å². The van der Waals surface area contributed by atoms with E-state index in [0.29, 0.717) is 22.6 Å². The Kier molecular flexibility index (Phi) is 4.95. The van der Waals surface area contributed by atoms with Crippen LogP contribution in [0, 0.1) is 0 Å². The molecule has 30 heavy (non-hydrogen) atoms. The normalized spacial score (nSPS) is 18.3. The summed E-state index contributed by atoms with van der Waals surface area (Å²) in [6, 6.07) is 0.629. The molecule has 3 aromatic heterocycles. The van der Waals surface area contributed by atoms with Gasteiger partial charge in [0, 0.05) is 36.9 Å². The Hall–Kier alpha value is -2.85. The van der Waals surface area contributed by atoms with E-state index < -0.39 is 11.4 Å². The molecule has 0 bridgehead atoms. The van der Waals surface area contributed by atoms with Gasteiger partial charge in [0.2, 0.25) is 5.43 Å². The maximum atomic E-state index is 12.6. The Morgan fingerprint density at radius 1 is 1.13 bits per heavy atom. The topological polar surface area (TPSA) is 104 Å². The van der Waals surface area contributed by atoms with Gasteiger partial charge in [-0.2, -0.15) is 0 Å². The quantitative estimate of drug-likeness (QED) is 0.676. The van der Waals surface area contributed by atoms with Gasteiger partial charge in [-0.1, -0.05) is 0 Å². The number of hydrogen-bond acceptors (Lipinski definition) is 8. The fourth-order valence-electron chi connectivity index (χ4n) is 4.43. The minimum atomic E-state index is -1.29. The molecule has 156 valence electrons. The number of carboxylic acids is 1. The van der Waals surface area contributed by atoms with Crippen LogP contribution >= 0.6 is 11.3 Å². The van der Waals surface area contributed by atoms with Crippen molar-refractivity contribution in [1.82, 2.24) is 24.4 Å². The van der Waals surface area contributed by atoms with E-state index >= 15 is 0 Å². The van der Waals surface area contributed by atoms with Gasteiger partial charge in [-0.25, -0.2) is 19.7 Å². The number of aromatic nitrogens is 4. The molecular weight excluding hydrogens is 404 g/mol. The van der Waals surface area contributed by atoms with Crippen LogP contribution in [0.25, 0.3) is 16.3 Å². The van der Waals surface area contributed by atoms with E-state index in [2.05, 4.69) is 19.8 Å². The van der Waals surface area contributed by atoms with E-state index in [1.165, 1.54) is 43.5 Å². The average molecular weight is 427 g/mol. The van der Waals surface area contributed by atoms with Crippen molar-refractivity contribution in [3.8, 4) is 5.13 Å². The molecule has 2 aliphatic rings. The summed E-state index contributed by atoms with van der Waals surface area (Å²) >= 11 is 1.34. The smallest absolute Gasteiger partial charge is 0.341 e. The van der Waals surface area contributed by atoms with E-state index in [1.807, 2.05) is 0 Å². The highest BCUT2D eigenvalue weighted by Crippen LogP contribution is 2.25. The molecule has 3 aromatic rings. The number of aromatic carboxylic acids is 1. The summed E-state index contributed by atoms with van der Waals surface area (Å²) in [7, 11) is 0. The summed E-state index contributed by atoms with van der Waals surface area (Å²) in [5, 5.41) is 11.8. The van der Waals surface area contributed by atoms with Gasteiger partial charge in [0.25, 0.3) is 0 Å². The fourth-order valence-corrected chi connectivity index (χ4v) is 5.05. The molecule has 0 amide bonds. The van der Waals surface area contributed by atoms with Gasteiger partial charge in [-0.15, -0.1) is 11.3 Å². The molecule has 0 aliphatic carbocycles. The molecule has 5 rings (SSSR count). The Morgan fingerprint density at radius 2 is 1.90 bits per heavy atom. The number of likely N-dealkylation sites (tertiary alicyclic amines) is 1. The molecule has 2 aliphatic heterocycles. The van der Waals surface area contributed by atoms with Crippen LogP contribution in [0.5, 0.6) is 0 Å². The summed E-state index contributed by atoms with van der Waals surface area (Å²) < 4.78 is 1.55. The molecule has 2 fully saturated rings. The van der Waals surface area contributed by atoms with Crippen LogP contribution in [0.4, 0.5) is 5.82 Å². The first-order valence-electron chi connectivity index (χ1n) is 10.2. The van der Waals surface area contributed by atoms with Gasteiger partial charge in [0.15, 0.2) is 16.3 Å². The van der Waals surface area contributed by atoms with Crippen LogP contribution < -0.4 is 10.3 Å². The SMILES string of the molecule is O=C(O)c1cn(-c2nccs2)c2nc(N3CCC(N4CCCC4)CC3)cnc2c1=O. The third-order valence-corrected chi connectivity index (χ3v) is 6.76. The van der Waals surface area contributed by atoms with E-state index in [-0.39, 0.29) is 11.1 Å². The van der Waals surface area contributed by atoms with E-state index in [9.17, 15) is 14.7 Å². The second-order valence-electron chi connectivity index (χ2n) is 7.72. The van der Waals surface area contributed by atoms with Gasteiger partial charge in [-0.3, -0.25) is 9.36 Å². The molecular formula is C20H22N6O3S. The van der Waals surface area contributed by atoms with Crippen LogP contribution in [0.2, 0.25) is 0 Å². The lowest BCUT2D eigenvalue weighted by Crippen LogP contribution is -2.44. The van der Waals surface area contributed by atoms with Gasteiger partial charge in [-0.05, 0) is 38.8 Å². The third-order valence-electron chi connectivity index (χ3n) is 5.99. The minimum absolute atomic E-state index is 0.0424. The molecule has 2 saturated heterocycles. The van der Waals surface area contributed by atoms with Crippen LogP contribution in [0.1, 0.15) is 36.0 Å². The average Bonchev–Trinajstić information content (AvgIpc) is 3.48. The van der Waals surface area contributed by atoms with Crippen molar-refractivity contribution >= 4 is 34.3 Å². The zero-order chi connectivity index (χ0) is 20.7. The Morgan fingerprint density at radius 3 is 2.57 bits per heavy atom. The standard InChI is InChI=1S/C20H22N6O3S/c27-17-14(19(28)29)12-26(20-21-5-10-30-20)18-16(17)22-11-15(23-18)25-8-3-13(4-9-25)24-6-1-2-7-24/h5,10-13H,1-4,6-9H2,(H,28,29). The Balaban J connectivity index is 1.51. The highest BCUT2D eigenvalue weighted by molar-refractivity contribution is 7.12. The number of piperidine rings is 1. The predicted molar refractivity (Wildman–Crippen MR) is 114 cm³/mol. The first-order chi connectivity index (χ1) is 14.6. The van der Waals surface area contributed by atoms with Crippen LogP contribution in [-0.4, -0.2) is 67.7 Å². The summed E-state index contributed by atoms with van der Waals surface area (Å²) in [6.07, 6.45) is 9.26. The minimum Gasteiger partial charge on any atom is -0.477 e. The fraction of sp³-hybridized carbons (Fsp3) is 0.450. The monoisotopic (exact) mass is 426 g/mol. The van der Waals surface area contributed by atoms with Crippen molar-refractivity contribution in [1.29, 1.82) is 0 Å². The van der Waals surface area contributed by atoms with E-state index in [1.54, 1.807) is 22.3 Å². The second kappa shape index (κ2) is 7.77. The van der Waals surface area contributed by atoms with Gasteiger partial charge in [0.05, 0.1) is 6.20 Å². The van der Waals surface area contributed by atoms with Crippen molar-refractivity contribution in [3.63, 3.8) is 0 Å². The van der Waals surface area contributed by atoms with Crippen LogP contribution in [0.15, 0.2) is 28.8 Å². The molecule has 0 atom stereocenters. The molecule has 5 heterocycles. The Labute approximate surface area is 176 Å². The maximum Gasteiger partial charge on any atom is 0.341 e. The first-order valence-corrected chi connectivity index (χ1v) is 11.0. The summed E-state index contributed by atoms with van der Waals surface area (Å²) in [6.45, 7) is 4.17. The Bertz CT molecular complexity index is 1130. The number of hydrogen-bond donors (Lipinski definition) is 1. The third kappa shape index (κ3) is 3.35. The summed E-state index contributed by atoms with van der Waals surface area (Å²) in [5.74, 6) is -0.586. The van der Waals surface area contributed by atoms with Gasteiger partial charge in [0.1, 0.15) is 11.4 Å². The highest BCUT2D eigenvalue weighted by atomic mass is 32.1. The van der Waals surface area contributed by atoms with E-state index in [0.717, 1.165) is 25.9 Å². The van der Waals surface area contributed by atoms with Crippen LogP contribution in [0.3, 0.4) is 0 Å². The van der Waals surface area contributed by atoms with Crippen molar-refractivity contribution < 1.29 is 9.90 Å². The maximum absolute atomic E-state index is 12.6. The molecule has 0 saturated carbocycles. The number of thiazole rings is 1. The van der Waals surface area contributed by atoms with Crippen molar-refractivity contribution in [2.75, 3.05) is 31.1 Å². The van der Waals surface area contributed by atoms with Crippen molar-refractivity contribution in [2.24, 2.45) is 0 Å². The second-order valence-corrected chi connectivity index (χ2v) is 8.60. The number of anilines is 1. The summed E-state index contributed by atoms with van der Waals surface area (Å²) in [4.78, 5) is 42.3. The number of nitrogens with zero attached hydrogens (tertiary/aromatic N) is 6. The number of carboxylic acid groups (broad SMARTS) is 1. The largest absolute Gasteiger partial charge is 0.477 e. The molecule has 0 spiro atoms. The van der Waals surface area contributed by atoms with Gasteiger partial charge < -0.3 is 14.9 Å². The molecule has 0 unspecified atom stereocenters. The molecule has 10 heteroatoms. The van der Waals surface area contributed by atoms with E-state index in [4.69, 9.17) is 4.98 Å². The first kappa shape index (κ1) is 19.1. The van der Waals surface area contributed by atoms with Crippen LogP contribution in [-0.2, 0) is 0 Å². The van der Waals surface area contributed by atoms with Crippen molar-refractivity contribution in [2.45, 2.75) is 31.7 Å². The predicted octanol–water partition coefficient (Wildman–Crippen LogP) is 2.00. The molecule has 9 nitrogen and oxygen atoms in total. The zero-order valence-corrected chi connectivity index (χ0v) is 17.2. The highest BCUT2D eigenvalue weighted by Gasteiger charge is 2.27. The molecule has 0 radical (unpaired) electrons. The zero-order valence-electron chi connectivity index (χ0n) is 16.4. The molecule has 0 aromatic carbocycles. The van der Waals surface area contributed by atoms with Gasteiger partial charge >= 0.3 is 5.97 Å².